The zero-order valence-corrected chi connectivity index (χ0v) is 22.9. The van der Waals surface area contributed by atoms with Gasteiger partial charge in [0.05, 0.1) is 5.37 Å². The Morgan fingerprint density at radius 3 is 2.03 bits per heavy atom. The minimum atomic E-state index is -0.106. The van der Waals surface area contributed by atoms with E-state index in [0.717, 1.165) is 18.5 Å². The van der Waals surface area contributed by atoms with Crippen molar-refractivity contribution < 1.29 is 4.79 Å². The highest BCUT2D eigenvalue weighted by molar-refractivity contribution is 8.00. The number of carbonyl (C=O) groups is 1. The summed E-state index contributed by atoms with van der Waals surface area (Å²) in [4.78, 5) is 14.7. The van der Waals surface area contributed by atoms with Crippen molar-refractivity contribution in [2.24, 2.45) is 5.92 Å². The van der Waals surface area contributed by atoms with Crippen molar-refractivity contribution in [3.05, 3.63) is 83.9 Å². The molecule has 3 aromatic rings. The summed E-state index contributed by atoms with van der Waals surface area (Å²) in [6, 6.07) is 25.4. The van der Waals surface area contributed by atoms with Gasteiger partial charge in [-0.3, -0.25) is 0 Å². The summed E-state index contributed by atoms with van der Waals surface area (Å²) in [5, 5.41) is 6.71. The molecule has 4 heteroatoms. The van der Waals surface area contributed by atoms with Gasteiger partial charge >= 0.3 is 6.03 Å². The summed E-state index contributed by atoms with van der Waals surface area (Å²) in [5.74, 6) is 1.13. The van der Waals surface area contributed by atoms with Gasteiger partial charge in [0.25, 0.3) is 0 Å². The molecule has 0 heterocycles. The Bertz CT molecular complexity index is 1110. The number of hydrogen-bond donors (Lipinski definition) is 2. The number of anilines is 1. The van der Waals surface area contributed by atoms with E-state index in [1.807, 2.05) is 0 Å². The van der Waals surface area contributed by atoms with Gasteiger partial charge in [0, 0.05) is 10.6 Å². The molecule has 1 unspecified atom stereocenters. The minimum Gasteiger partial charge on any atom is -0.325 e. The average Bonchev–Trinajstić information content (AvgIpc) is 2.89. The van der Waals surface area contributed by atoms with Crippen LogP contribution in [0.15, 0.2) is 77.7 Å². The van der Waals surface area contributed by atoms with Gasteiger partial charge in [-0.1, -0.05) is 114 Å². The lowest BCUT2D eigenvalue weighted by molar-refractivity contribution is 0.244. The summed E-state index contributed by atoms with van der Waals surface area (Å²) < 4.78 is 0. The summed E-state index contributed by atoms with van der Waals surface area (Å²) in [6.07, 6.45) is 6.08. The van der Waals surface area contributed by atoms with Gasteiger partial charge < -0.3 is 10.6 Å². The van der Waals surface area contributed by atoms with E-state index in [1.54, 1.807) is 11.8 Å². The standard InChI is InChI=1S/C32H40N2OS/c1-22(2)26-19-13-20-27(23(3)4)30(26)33-32(35)34-31(25-16-9-6-10-17-25)36-29-21-12-11-18-28(29)24-14-7-5-8-15-24/h5,7-8,11-15,18-23,25,31H,6,9-10,16-17H2,1-4H3,(H2,33,34,35). The zero-order valence-electron chi connectivity index (χ0n) is 22.1. The van der Waals surface area contributed by atoms with Crippen molar-refractivity contribution >= 4 is 23.5 Å². The third-order valence-electron chi connectivity index (χ3n) is 7.19. The molecule has 1 saturated carbocycles. The van der Waals surface area contributed by atoms with Crippen LogP contribution in [0.4, 0.5) is 10.5 Å². The molecule has 0 spiro atoms. The van der Waals surface area contributed by atoms with Crippen LogP contribution in [0.1, 0.15) is 82.8 Å². The molecule has 4 rings (SSSR count). The maximum absolute atomic E-state index is 13.5. The first-order chi connectivity index (χ1) is 17.4. The van der Waals surface area contributed by atoms with E-state index >= 15 is 0 Å². The molecule has 190 valence electrons. The molecule has 2 amide bonds. The van der Waals surface area contributed by atoms with Gasteiger partial charge in [-0.15, -0.1) is 11.8 Å². The summed E-state index contributed by atoms with van der Waals surface area (Å²) in [7, 11) is 0. The smallest absolute Gasteiger partial charge is 0.320 e. The molecule has 0 bridgehead atoms. The predicted molar refractivity (Wildman–Crippen MR) is 155 cm³/mol. The Balaban J connectivity index is 1.60. The molecule has 0 saturated heterocycles. The first-order valence-electron chi connectivity index (χ1n) is 13.5. The maximum Gasteiger partial charge on any atom is 0.320 e. The van der Waals surface area contributed by atoms with Crippen LogP contribution in [-0.2, 0) is 0 Å². The molecule has 0 aromatic heterocycles. The van der Waals surface area contributed by atoms with Crippen LogP contribution < -0.4 is 10.6 Å². The second-order valence-corrected chi connectivity index (χ2v) is 11.7. The first kappa shape index (κ1) is 26.3. The van der Waals surface area contributed by atoms with Crippen LogP contribution in [0.5, 0.6) is 0 Å². The van der Waals surface area contributed by atoms with Crippen molar-refractivity contribution in [3.63, 3.8) is 0 Å². The van der Waals surface area contributed by atoms with Crippen LogP contribution in [0.25, 0.3) is 11.1 Å². The van der Waals surface area contributed by atoms with Gasteiger partial charge in [0.15, 0.2) is 0 Å². The fourth-order valence-corrected chi connectivity index (χ4v) is 6.59. The monoisotopic (exact) mass is 500 g/mol. The van der Waals surface area contributed by atoms with Gasteiger partial charge in [0.1, 0.15) is 0 Å². The average molecular weight is 501 g/mol. The molecule has 2 N–H and O–H groups in total. The Morgan fingerprint density at radius 2 is 1.39 bits per heavy atom. The number of hydrogen-bond acceptors (Lipinski definition) is 2. The number of amides is 2. The van der Waals surface area contributed by atoms with Crippen LogP contribution in [-0.4, -0.2) is 11.4 Å². The number of para-hydroxylation sites is 1. The summed E-state index contributed by atoms with van der Waals surface area (Å²) in [6.45, 7) is 8.74. The number of benzene rings is 3. The molecular weight excluding hydrogens is 460 g/mol. The zero-order chi connectivity index (χ0) is 25.5. The quantitative estimate of drug-likeness (QED) is 0.239. The first-order valence-corrected chi connectivity index (χ1v) is 14.3. The predicted octanol–water partition coefficient (Wildman–Crippen LogP) is 9.42. The highest BCUT2D eigenvalue weighted by Gasteiger charge is 2.28. The number of carbonyl (C=O) groups excluding carboxylic acids is 1. The maximum atomic E-state index is 13.5. The van der Waals surface area contributed by atoms with E-state index < -0.39 is 0 Å². The second kappa shape index (κ2) is 12.5. The van der Waals surface area contributed by atoms with E-state index in [-0.39, 0.29) is 11.4 Å². The second-order valence-electron chi connectivity index (χ2n) is 10.5. The molecule has 1 aliphatic rings. The van der Waals surface area contributed by atoms with Crippen LogP contribution in [0, 0.1) is 5.92 Å². The van der Waals surface area contributed by atoms with Crippen LogP contribution in [0.2, 0.25) is 0 Å². The molecule has 3 nitrogen and oxygen atoms in total. The fraction of sp³-hybridized carbons (Fsp3) is 0.406. The lowest BCUT2D eigenvalue weighted by atomic mass is 9.89. The van der Waals surface area contributed by atoms with E-state index in [9.17, 15) is 4.79 Å². The van der Waals surface area contributed by atoms with E-state index in [0.29, 0.717) is 17.8 Å². The highest BCUT2D eigenvalue weighted by Crippen LogP contribution is 2.39. The third-order valence-corrected chi connectivity index (χ3v) is 8.56. The van der Waals surface area contributed by atoms with Crippen molar-refractivity contribution in [2.45, 2.75) is 81.9 Å². The van der Waals surface area contributed by atoms with Gasteiger partial charge in [-0.05, 0) is 58.9 Å². The largest absolute Gasteiger partial charge is 0.325 e. The number of nitrogens with one attached hydrogen (secondary N) is 2. The van der Waals surface area contributed by atoms with Gasteiger partial charge in [-0.25, -0.2) is 4.79 Å². The number of thioether (sulfide) groups is 1. The Hall–Kier alpha value is -2.72. The lowest BCUT2D eigenvalue weighted by Gasteiger charge is -2.31. The summed E-state index contributed by atoms with van der Waals surface area (Å²) in [5.41, 5.74) is 5.77. The summed E-state index contributed by atoms with van der Waals surface area (Å²) >= 11 is 1.80. The Kier molecular flexibility index (Phi) is 9.14. The van der Waals surface area contributed by atoms with Crippen molar-refractivity contribution in [1.82, 2.24) is 5.32 Å². The van der Waals surface area contributed by atoms with Crippen molar-refractivity contribution in [1.29, 1.82) is 0 Å². The van der Waals surface area contributed by atoms with Crippen LogP contribution in [0.3, 0.4) is 0 Å². The van der Waals surface area contributed by atoms with Crippen molar-refractivity contribution in [2.75, 3.05) is 5.32 Å². The molecule has 1 aliphatic carbocycles. The fourth-order valence-electron chi connectivity index (χ4n) is 5.22. The number of urea groups is 1. The van der Waals surface area contributed by atoms with E-state index in [4.69, 9.17) is 0 Å². The molecular formula is C32H40N2OS. The van der Waals surface area contributed by atoms with E-state index in [2.05, 4.69) is 111 Å². The molecule has 36 heavy (non-hydrogen) atoms. The highest BCUT2D eigenvalue weighted by atomic mass is 32.2. The molecule has 3 aromatic carbocycles. The van der Waals surface area contributed by atoms with Crippen LogP contribution >= 0.6 is 11.8 Å². The SMILES string of the molecule is CC(C)c1cccc(C(C)C)c1NC(=O)NC(Sc1ccccc1-c1ccccc1)C1CCCCC1. The molecule has 1 atom stereocenters. The Morgan fingerprint density at radius 1 is 0.778 bits per heavy atom. The molecule has 0 radical (unpaired) electrons. The van der Waals surface area contributed by atoms with E-state index in [1.165, 1.54) is 46.4 Å². The lowest BCUT2D eigenvalue weighted by Crippen LogP contribution is -2.41. The third kappa shape index (κ3) is 6.53. The topological polar surface area (TPSA) is 41.1 Å². The van der Waals surface area contributed by atoms with Gasteiger partial charge in [-0.2, -0.15) is 0 Å². The Labute approximate surface area is 221 Å². The normalized spacial score (nSPS) is 15.2. The number of rotatable bonds is 8. The molecule has 0 aliphatic heterocycles. The van der Waals surface area contributed by atoms with Crippen molar-refractivity contribution in [3.8, 4) is 11.1 Å². The molecule has 1 fully saturated rings. The minimum absolute atomic E-state index is 0.0175. The van der Waals surface area contributed by atoms with Gasteiger partial charge in [0.2, 0.25) is 0 Å².